The first kappa shape index (κ1) is 16.0. The number of hydrogen-bond acceptors (Lipinski definition) is 3. The summed E-state index contributed by atoms with van der Waals surface area (Å²) in [5.74, 6) is 0. The number of nitrogens with zero attached hydrogens (tertiary/aromatic N) is 3. The van der Waals surface area contributed by atoms with Gasteiger partial charge in [0.05, 0.1) is 16.4 Å². The second kappa shape index (κ2) is 7.05. The first-order valence-corrected chi connectivity index (χ1v) is 7.80. The molecule has 0 aliphatic heterocycles. The zero-order valence-electron chi connectivity index (χ0n) is 13.2. The molecule has 0 aliphatic rings. The monoisotopic (exact) mass is 306 g/mol. The minimum atomic E-state index is 0.209. The largest absolute Gasteiger partial charge is 0.313 e. The summed E-state index contributed by atoms with van der Waals surface area (Å²) in [6, 6.07) is 2.30. The summed E-state index contributed by atoms with van der Waals surface area (Å²) in [5, 5.41) is 8.69. The van der Waals surface area contributed by atoms with E-state index in [9.17, 15) is 0 Å². The van der Waals surface area contributed by atoms with E-state index in [2.05, 4.69) is 35.3 Å². The Hall–Kier alpha value is -1.39. The molecule has 1 atom stereocenters. The molecule has 0 aromatic carbocycles. The molecule has 0 saturated heterocycles. The molecule has 2 aromatic heterocycles. The molecule has 0 fully saturated rings. The Balaban J connectivity index is 2.34. The minimum absolute atomic E-state index is 0.209. The summed E-state index contributed by atoms with van der Waals surface area (Å²) in [6.45, 7) is 4.23. The van der Waals surface area contributed by atoms with Gasteiger partial charge in [-0.25, -0.2) is 0 Å². The van der Waals surface area contributed by atoms with Crippen molar-refractivity contribution in [1.82, 2.24) is 20.1 Å². The van der Waals surface area contributed by atoms with E-state index in [-0.39, 0.29) is 6.04 Å². The van der Waals surface area contributed by atoms with Gasteiger partial charge in [0, 0.05) is 31.9 Å². The lowest BCUT2D eigenvalue weighted by Gasteiger charge is -2.19. The van der Waals surface area contributed by atoms with Crippen molar-refractivity contribution in [3.05, 3.63) is 46.0 Å². The Morgan fingerprint density at radius 1 is 1.33 bits per heavy atom. The van der Waals surface area contributed by atoms with Crippen LogP contribution < -0.4 is 5.32 Å². The second-order valence-corrected chi connectivity index (χ2v) is 5.54. The molecule has 0 amide bonds. The molecule has 0 bridgehead atoms. The van der Waals surface area contributed by atoms with Crippen LogP contribution in [0.15, 0.2) is 18.5 Å². The summed E-state index contributed by atoms with van der Waals surface area (Å²) in [7, 11) is 3.94. The van der Waals surface area contributed by atoms with E-state index in [4.69, 9.17) is 11.6 Å². The van der Waals surface area contributed by atoms with Gasteiger partial charge in [0.15, 0.2) is 0 Å². The standard InChI is InChI=1S/C16H23ClN4/c1-5-11-10-19-8-7-12(11)14(18-3)9-15-16(17)13(6-2)20-21(15)4/h7-8,10,14,18H,5-6,9H2,1-4H3. The van der Waals surface area contributed by atoms with Crippen molar-refractivity contribution in [2.24, 2.45) is 7.05 Å². The fourth-order valence-corrected chi connectivity index (χ4v) is 3.05. The molecule has 5 heteroatoms. The average molecular weight is 307 g/mol. The number of nitrogens with one attached hydrogen (secondary N) is 1. The molecule has 21 heavy (non-hydrogen) atoms. The smallest absolute Gasteiger partial charge is 0.0850 e. The van der Waals surface area contributed by atoms with Gasteiger partial charge in [0.25, 0.3) is 0 Å². The predicted molar refractivity (Wildman–Crippen MR) is 86.7 cm³/mol. The van der Waals surface area contributed by atoms with Crippen molar-refractivity contribution in [3.8, 4) is 0 Å². The first-order chi connectivity index (χ1) is 10.1. The SMILES string of the molecule is CCc1cnccc1C(Cc1c(Cl)c(CC)nn1C)NC. The summed E-state index contributed by atoms with van der Waals surface area (Å²) in [5.41, 5.74) is 4.59. The number of halogens is 1. The van der Waals surface area contributed by atoms with Gasteiger partial charge in [0.1, 0.15) is 0 Å². The third-order valence-corrected chi connectivity index (χ3v) is 4.38. The average Bonchev–Trinajstić information content (AvgIpc) is 2.79. The third kappa shape index (κ3) is 3.27. The van der Waals surface area contributed by atoms with Crippen LogP contribution >= 0.6 is 11.6 Å². The van der Waals surface area contributed by atoms with Gasteiger partial charge in [-0.15, -0.1) is 0 Å². The number of hydrogen-bond donors (Lipinski definition) is 1. The lowest BCUT2D eigenvalue weighted by atomic mass is 9.97. The Labute approximate surface area is 131 Å². The maximum atomic E-state index is 6.47. The lowest BCUT2D eigenvalue weighted by molar-refractivity contribution is 0.556. The van der Waals surface area contributed by atoms with Crippen LogP contribution in [0.2, 0.25) is 5.02 Å². The van der Waals surface area contributed by atoms with E-state index >= 15 is 0 Å². The summed E-state index contributed by atoms with van der Waals surface area (Å²) in [6.07, 6.45) is 6.44. The molecule has 2 heterocycles. The van der Waals surface area contributed by atoms with Crippen molar-refractivity contribution in [3.63, 3.8) is 0 Å². The van der Waals surface area contributed by atoms with E-state index in [0.717, 1.165) is 35.7 Å². The zero-order chi connectivity index (χ0) is 15.4. The van der Waals surface area contributed by atoms with Crippen LogP contribution in [0.4, 0.5) is 0 Å². The maximum absolute atomic E-state index is 6.47. The van der Waals surface area contributed by atoms with Crippen LogP contribution in [0.25, 0.3) is 0 Å². The van der Waals surface area contributed by atoms with Crippen LogP contribution in [0, 0.1) is 0 Å². The molecule has 0 spiro atoms. The highest BCUT2D eigenvalue weighted by Gasteiger charge is 2.19. The topological polar surface area (TPSA) is 42.7 Å². The normalized spacial score (nSPS) is 12.6. The lowest BCUT2D eigenvalue weighted by Crippen LogP contribution is -2.21. The van der Waals surface area contributed by atoms with Crippen molar-refractivity contribution in [2.45, 2.75) is 39.2 Å². The van der Waals surface area contributed by atoms with E-state index in [0.29, 0.717) is 0 Å². The van der Waals surface area contributed by atoms with Crippen molar-refractivity contribution in [1.29, 1.82) is 0 Å². The molecule has 114 valence electrons. The summed E-state index contributed by atoms with van der Waals surface area (Å²) < 4.78 is 1.90. The number of likely N-dealkylation sites (N-methyl/N-ethyl adjacent to an activating group) is 1. The third-order valence-electron chi connectivity index (χ3n) is 3.95. The van der Waals surface area contributed by atoms with Gasteiger partial charge >= 0.3 is 0 Å². The van der Waals surface area contributed by atoms with E-state index < -0.39 is 0 Å². The van der Waals surface area contributed by atoms with Gasteiger partial charge in [-0.05, 0) is 37.1 Å². The van der Waals surface area contributed by atoms with Gasteiger partial charge in [-0.3, -0.25) is 9.67 Å². The Morgan fingerprint density at radius 3 is 2.67 bits per heavy atom. The van der Waals surface area contributed by atoms with Crippen LogP contribution in [0.1, 0.15) is 42.4 Å². The fraction of sp³-hybridized carbons (Fsp3) is 0.500. The van der Waals surface area contributed by atoms with Crippen LogP contribution in [-0.4, -0.2) is 21.8 Å². The first-order valence-electron chi connectivity index (χ1n) is 7.42. The Morgan fingerprint density at radius 2 is 2.10 bits per heavy atom. The molecule has 2 rings (SSSR count). The molecule has 4 nitrogen and oxygen atoms in total. The van der Waals surface area contributed by atoms with E-state index in [1.807, 2.05) is 31.2 Å². The molecule has 1 N–H and O–H groups in total. The predicted octanol–water partition coefficient (Wildman–Crippen LogP) is 3.10. The van der Waals surface area contributed by atoms with Crippen LogP contribution in [0.3, 0.4) is 0 Å². The molecular weight excluding hydrogens is 284 g/mol. The number of rotatable bonds is 6. The quantitative estimate of drug-likeness (QED) is 0.892. The highest BCUT2D eigenvalue weighted by Crippen LogP contribution is 2.27. The summed E-state index contributed by atoms with van der Waals surface area (Å²) in [4.78, 5) is 4.22. The maximum Gasteiger partial charge on any atom is 0.0850 e. The Kier molecular flexibility index (Phi) is 5.37. The second-order valence-electron chi connectivity index (χ2n) is 5.16. The molecule has 1 unspecified atom stereocenters. The van der Waals surface area contributed by atoms with Crippen molar-refractivity contribution >= 4 is 11.6 Å². The van der Waals surface area contributed by atoms with Gasteiger partial charge < -0.3 is 5.32 Å². The van der Waals surface area contributed by atoms with Crippen molar-refractivity contribution in [2.75, 3.05) is 7.05 Å². The molecular formula is C16H23ClN4. The zero-order valence-corrected chi connectivity index (χ0v) is 13.9. The van der Waals surface area contributed by atoms with Crippen LogP contribution in [0.5, 0.6) is 0 Å². The van der Waals surface area contributed by atoms with Gasteiger partial charge in [-0.1, -0.05) is 25.4 Å². The molecule has 2 aromatic rings. The van der Waals surface area contributed by atoms with Gasteiger partial charge in [-0.2, -0.15) is 5.10 Å². The minimum Gasteiger partial charge on any atom is -0.313 e. The number of aromatic nitrogens is 3. The van der Waals surface area contributed by atoms with E-state index in [1.165, 1.54) is 11.1 Å². The number of aryl methyl sites for hydroxylation is 3. The van der Waals surface area contributed by atoms with Crippen LogP contribution in [-0.2, 0) is 26.3 Å². The molecule has 0 saturated carbocycles. The van der Waals surface area contributed by atoms with Crippen molar-refractivity contribution < 1.29 is 0 Å². The Bertz CT molecular complexity index is 606. The molecule has 0 radical (unpaired) electrons. The highest BCUT2D eigenvalue weighted by atomic mass is 35.5. The number of pyridine rings is 1. The molecule has 0 aliphatic carbocycles. The van der Waals surface area contributed by atoms with Gasteiger partial charge in [0.2, 0.25) is 0 Å². The fourth-order valence-electron chi connectivity index (χ4n) is 2.68. The summed E-state index contributed by atoms with van der Waals surface area (Å²) >= 11 is 6.47. The van der Waals surface area contributed by atoms with E-state index in [1.54, 1.807) is 0 Å². The highest BCUT2D eigenvalue weighted by molar-refractivity contribution is 6.31.